The zero-order chi connectivity index (χ0) is 19.4. The molecule has 0 aromatic heterocycles. The maximum absolute atomic E-state index is 12.4. The Morgan fingerprint density at radius 3 is 2.56 bits per heavy atom. The number of hydrogen-bond donors (Lipinski definition) is 1. The summed E-state index contributed by atoms with van der Waals surface area (Å²) in [5, 5.41) is 15.7. The number of benzene rings is 3. The Morgan fingerprint density at radius 1 is 1.11 bits per heavy atom. The van der Waals surface area contributed by atoms with Gasteiger partial charge in [-0.15, -0.1) is 0 Å². The molecule has 0 aliphatic rings. The van der Waals surface area contributed by atoms with Crippen LogP contribution in [0, 0.1) is 10.1 Å². The van der Waals surface area contributed by atoms with Gasteiger partial charge in [0.25, 0.3) is 5.69 Å². The van der Waals surface area contributed by atoms with E-state index in [1.54, 1.807) is 26.3 Å². The molecule has 0 aliphatic heterocycles. The van der Waals surface area contributed by atoms with Crippen LogP contribution < -0.4 is 10.1 Å². The third-order valence-electron chi connectivity index (χ3n) is 4.22. The van der Waals surface area contributed by atoms with Gasteiger partial charge in [-0.2, -0.15) is 0 Å². The molecule has 0 atom stereocenters. The lowest BCUT2D eigenvalue weighted by atomic mass is 10.1. The first kappa shape index (κ1) is 18.2. The van der Waals surface area contributed by atoms with Crippen LogP contribution >= 0.6 is 0 Å². The standard InChI is InChI=1S/C20H19N3O4/c1-22(20(24)21-18-5-3-4-6-19(18)23(25)26)13-14-7-8-16-12-17(27-2)10-9-15(16)11-14/h3-12H,13H2,1-2H3,(H,21,24). The Balaban J connectivity index is 1.73. The lowest BCUT2D eigenvalue weighted by molar-refractivity contribution is -0.383. The van der Waals surface area contributed by atoms with Crippen LogP contribution in [0.2, 0.25) is 0 Å². The highest BCUT2D eigenvalue weighted by atomic mass is 16.6. The van der Waals surface area contributed by atoms with Crippen LogP contribution in [0.1, 0.15) is 5.56 Å². The minimum Gasteiger partial charge on any atom is -0.497 e. The molecule has 3 aromatic rings. The minimum atomic E-state index is -0.521. The molecule has 2 amide bonds. The summed E-state index contributed by atoms with van der Waals surface area (Å²) in [5.41, 5.74) is 0.983. The lowest BCUT2D eigenvalue weighted by Gasteiger charge is -2.18. The molecule has 7 heteroatoms. The fourth-order valence-electron chi connectivity index (χ4n) is 2.79. The normalized spacial score (nSPS) is 10.4. The molecule has 0 heterocycles. The molecule has 0 aliphatic carbocycles. The molecular formula is C20H19N3O4. The number of urea groups is 1. The van der Waals surface area contributed by atoms with Crippen molar-refractivity contribution in [3.8, 4) is 5.75 Å². The van der Waals surface area contributed by atoms with Gasteiger partial charge in [0.05, 0.1) is 12.0 Å². The SMILES string of the molecule is COc1ccc2cc(CN(C)C(=O)Nc3ccccc3[N+](=O)[O-])ccc2c1. The fourth-order valence-corrected chi connectivity index (χ4v) is 2.79. The molecule has 1 N–H and O–H groups in total. The molecule has 3 aromatic carbocycles. The van der Waals surface area contributed by atoms with Crippen molar-refractivity contribution in [3.63, 3.8) is 0 Å². The van der Waals surface area contributed by atoms with Crippen molar-refractivity contribution < 1.29 is 14.5 Å². The van der Waals surface area contributed by atoms with Gasteiger partial charge >= 0.3 is 6.03 Å². The van der Waals surface area contributed by atoms with E-state index in [1.165, 1.54) is 17.0 Å². The van der Waals surface area contributed by atoms with Crippen LogP contribution in [0.5, 0.6) is 5.75 Å². The number of anilines is 1. The van der Waals surface area contributed by atoms with Gasteiger partial charge in [0, 0.05) is 19.7 Å². The molecule has 3 rings (SSSR count). The van der Waals surface area contributed by atoms with Crippen molar-refractivity contribution >= 4 is 28.2 Å². The largest absolute Gasteiger partial charge is 0.497 e. The number of nitro benzene ring substituents is 1. The summed E-state index contributed by atoms with van der Waals surface area (Å²) in [7, 11) is 3.27. The van der Waals surface area contributed by atoms with Crippen molar-refractivity contribution in [2.24, 2.45) is 0 Å². The smallest absolute Gasteiger partial charge is 0.322 e. The first-order chi connectivity index (χ1) is 13.0. The first-order valence-electron chi connectivity index (χ1n) is 8.30. The van der Waals surface area contributed by atoms with Crippen molar-refractivity contribution in [2.45, 2.75) is 6.54 Å². The highest BCUT2D eigenvalue weighted by Gasteiger charge is 2.17. The number of hydrogen-bond acceptors (Lipinski definition) is 4. The molecule has 0 unspecified atom stereocenters. The van der Waals surface area contributed by atoms with Gasteiger partial charge < -0.3 is 15.0 Å². The molecule has 0 saturated carbocycles. The van der Waals surface area contributed by atoms with E-state index >= 15 is 0 Å². The monoisotopic (exact) mass is 365 g/mol. The number of para-hydroxylation sites is 2. The average Bonchev–Trinajstić information content (AvgIpc) is 2.67. The Bertz CT molecular complexity index is 1000. The summed E-state index contributed by atoms with van der Waals surface area (Å²) in [4.78, 5) is 24.4. The molecule has 0 bridgehead atoms. The van der Waals surface area contributed by atoms with E-state index in [9.17, 15) is 14.9 Å². The van der Waals surface area contributed by atoms with Crippen LogP contribution in [-0.2, 0) is 6.54 Å². The van der Waals surface area contributed by atoms with Crippen molar-refractivity contribution in [2.75, 3.05) is 19.5 Å². The molecule has 0 fully saturated rings. The van der Waals surface area contributed by atoms with Gasteiger partial charge in [0.15, 0.2) is 0 Å². The number of nitrogens with one attached hydrogen (secondary N) is 1. The highest BCUT2D eigenvalue weighted by Crippen LogP contribution is 2.24. The number of rotatable bonds is 5. The number of amides is 2. The van der Waals surface area contributed by atoms with Crippen LogP contribution in [-0.4, -0.2) is 30.0 Å². The molecule has 138 valence electrons. The van der Waals surface area contributed by atoms with Crippen LogP contribution in [0.25, 0.3) is 10.8 Å². The highest BCUT2D eigenvalue weighted by molar-refractivity contribution is 5.91. The second-order valence-corrected chi connectivity index (χ2v) is 6.11. The van der Waals surface area contributed by atoms with E-state index in [0.29, 0.717) is 6.54 Å². The second kappa shape index (κ2) is 7.74. The van der Waals surface area contributed by atoms with Crippen LogP contribution in [0.15, 0.2) is 60.7 Å². The third kappa shape index (κ3) is 4.14. The second-order valence-electron chi connectivity index (χ2n) is 6.11. The lowest BCUT2D eigenvalue weighted by Crippen LogP contribution is -2.31. The minimum absolute atomic E-state index is 0.140. The van der Waals surface area contributed by atoms with E-state index in [2.05, 4.69) is 5.32 Å². The van der Waals surface area contributed by atoms with Crippen molar-refractivity contribution in [1.29, 1.82) is 0 Å². The van der Waals surface area contributed by atoms with Gasteiger partial charge in [0.2, 0.25) is 0 Å². The third-order valence-corrected chi connectivity index (χ3v) is 4.22. The summed E-state index contributed by atoms with van der Waals surface area (Å²) < 4.78 is 5.22. The van der Waals surface area contributed by atoms with E-state index in [4.69, 9.17) is 4.74 Å². The summed E-state index contributed by atoms with van der Waals surface area (Å²) in [6, 6.07) is 17.4. The predicted octanol–water partition coefficient (Wildman–Crippen LogP) is 4.42. The maximum atomic E-state index is 12.4. The number of ether oxygens (including phenoxy) is 1. The summed E-state index contributed by atoms with van der Waals surface area (Å²) in [5.74, 6) is 0.788. The zero-order valence-electron chi connectivity index (χ0n) is 15.0. The van der Waals surface area contributed by atoms with E-state index in [0.717, 1.165) is 22.1 Å². The molecule has 7 nitrogen and oxygen atoms in total. The summed E-state index contributed by atoms with van der Waals surface area (Å²) in [6.45, 7) is 0.369. The van der Waals surface area contributed by atoms with Gasteiger partial charge in [-0.3, -0.25) is 10.1 Å². The molecule has 0 radical (unpaired) electrons. The topological polar surface area (TPSA) is 84.7 Å². The van der Waals surface area contributed by atoms with Crippen molar-refractivity contribution in [3.05, 3.63) is 76.3 Å². The fraction of sp³-hybridized carbons (Fsp3) is 0.150. The number of carbonyl (C=O) groups excluding carboxylic acids is 1. The Kier molecular flexibility index (Phi) is 5.21. The maximum Gasteiger partial charge on any atom is 0.322 e. The van der Waals surface area contributed by atoms with Crippen LogP contribution in [0.3, 0.4) is 0 Å². The van der Waals surface area contributed by atoms with E-state index in [1.807, 2.05) is 36.4 Å². The number of nitrogens with zero attached hydrogens (tertiary/aromatic N) is 2. The number of methoxy groups -OCH3 is 1. The molecule has 0 saturated heterocycles. The number of fused-ring (bicyclic) bond motifs is 1. The average molecular weight is 365 g/mol. The van der Waals surface area contributed by atoms with Crippen LogP contribution in [0.4, 0.5) is 16.2 Å². The van der Waals surface area contributed by atoms with Gasteiger partial charge in [0.1, 0.15) is 11.4 Å². The summed E-state index contributed by atoms with van der Waals surface area (Å²) >= 11 is 0. The number of nitro groups is 1. The molecular weight excluding hydrogens is 346 g/mol. The van der Waals surface area contributed by atoms with Gasteiger partial charge in [-0.25, -0.2) is 4.79 Å². The first-order valence-corrected chi connectivity index (χ1v) is 8.30. The van der Waals surface area contributed by atoms with Gasteiger partial charge in [-0.1, -0.05) is 30.3 Å². The van der Waals surface area contributed by atoms with Crippen molar-refractivity contribution in [1.82, 2.24) is 4.90 Å². The Labute approximate surface area is 156 Å². The molecule has 27 heavy (non-hydrogen) atoms. The number of carbonyl (C=O) groups is 1. The quantitative estimate of drug-likeness (QED) is 0.536. The predicted molar refractivity (Wildman–Crippen MR) is 104 cm³/mol. The Hall–Kier alpha value is -3.61. The molecule has 0 spiro atoms. The van der Waals surface area contributed by atoms with E-state index in [-0.39, 0.29) is 11.4 Å². The Morgan fingerprint density at radius 2 is 1.81 bits per heavy atom. The van der Waals surface area contributed by atoms with E-state index < -0.39 is 11.0 Å². The summed E-state index contributed by atoms with van der Waals surface area (Å²) in [6.07, 6.45) is 0. The zero-order valence-corrected chi connectivity index (χ0v) is 15.0. The van der Waals surface area contributed by atoms with Gasteiger partial charge in [-0.05, 0) is 40.6 Å².